The summed E-state index contributed by atoms with van der Waals surface area (Å²) in [6.45, 7) is 6.54. The van der Waals surface area contributed by atoms with E-state index in [4.69, 9.17) is 0 Å². The first kappa shape index (κ1) is 14.1. The summed E-state index contributed by atoms with van der Waals surface area (Å²) in [5.74, 6) is 0.0531. The summed E-state index contributed by atoms with van der Waals surface area (Å²) in [5, 5.41) is 9.86. The van der Waals surface area contributed by atoms with E-state index in [1.54, 1.807) is 6.92 Å². The molecule has 1 N–H and O–H groups in total. The Labute approximate surface area is 115 Å². The van der Waals surface area contributed by atoms with Gasteiger partial charge in [-0.25, -0.2) is 0 Å². The van der Waals surface area contributed by atoms with Crippen LogP contribution in [-0.2, 0) is 0 Å². The third kappa shape index (κ3) is 3.16. The largest absolute Gasteiger partial charge is 0.391 e. The molecular formula is C16H23NO2. The summed E-state index contributed by atoms with van der Waals surface area (Å²) in [5.41, 5.74) is 2.95. The zero-order valence-corrected chi connectivity index (χ0v) is 12.0. The number of nitrogens with zero attached hydrogens (tertiary/aromatic N) is 1. The lowest BCUT2D eigenvalue weighted by atomic mass is 9.96. The number of aryl methyl sites for hydroxylation is 2. The van der Waals surface area contributed by atoms with Gasteiger partial charge in [0.1, 0.15) is 0 Å². The fourth-order valence-electron chi connectivity index (χ4n) is 2.98. The Morgan fingerprint density at radius 2 is 1.89 bits per heavy atom. The van der Waals surface area contributed by atoms with Crippen LogP contribution in [0, 0.1) is 13.8 Å². The van der Waals surface area contributed by atoms with Gasteiger partial charge in [0.25, 0.3) is 5.91 Å². The monoisotopic (exact) mass is 261 g/mol. The summed E-state index contributed by atoms with van der Waals surface area (Å²) < 4.78 is 0. The third-order valence-corrected chi connectivity index (χ3v) is 3.84. The van der Waals surface area contributed by atoms with E-state index in [1.807, 2.05) is 30.9 Å². The highest BCUT2D eigenvalue weighted by Gasteiger charge is 2.30. The zero-order chi connectivity index (χ0) is 14.0. The van der Waals surface area contributed by atoms with Crippen molar-refractivity contribution in [3.63, 3.8) is 0 Å². The van der Waals surface area contributed by atoms with E-state index in [2.05, 4.69) is 6.07 Å². The Hall–Kier alpha value is -1.35. The van der Waals surface area contributed by atoms with E-state index < -0.39 is 6.10 Å². The second kappa shape index (κ2) is 5.74. The molecule has 1 fully saturated rings. The number of benzene rings is 1. The summed E-state index contributed by atoms with van der Waals surface area (Å²) >= 11 is 0. The molecule has 0 bridgehead atoms. The maximum atomic E-state index is 12.6. The average molecular weight is 261 g/mol. The molecule has 104 valence electrons. The van der Waals surface area contributed by atoms with E-state index in [0.29, 0.717) is 0 Å². The van der Waals surface area contributed by atoms with Gasteiger partial charge in [0.15, 0.2) is 0 Å². The summed E-state index contributed by atoms with van der Waals surface area (Å²) in [7, 11) is 0. The molecule has 0 saturated carbocycles. The van der Waals surface area contributed by atoms with Gasteiger partial charge in [-0.15, -0.1) is 0 Å². The van der Waals surface area contributed by atoms with Crippen molar-refractivity contribution in [1.29, 1.82) is 0 Å². The summed E-state index contributed by atoms with van der Waals surface area (Å²) in [6, 6.07) is 5.90. The number of aliphatic hydroxyl groups is 1. The minimum Gasteiger partial charge on any atom is -0.391 e. The molecule has 0 spiro atoms. The summed E-state index contributed by atoms with van der Waals surface area (Å²) in [4.78, 5) is 14.5. The minimum absolute atomic E-state index is 0.0398. The number of hydrogen-bond acceptors (Lipinski definition) is 2. The SMILES string of the molecule is Cc1cc(C)cc(C(=O)N2CCCCC2C(C)O)c1. The highest BCUT2D eigenvalue weighted by molar-refractivity contribution is 5.95. The van der Waals surface area contributed by atoms with Crippen molar-refractivity contribution in [3.05, 3.63) is 34.9 Å². The van der Waals surface area contributed by atoms with Crippen molar-refractivity contribution in [1.82, 2.24) is 4.90 Å². The van der Waals surface area contributed by atoms with Crippen molar-refractivity contribution < 1.29 is 9.90 Å². The molecule has 1 heterocycles. The smallest absolute Gasteiger partial charge is 0.254 e. The maximum Gasteiger partial charge on any atom is 0.254 e. The Morgan fingerprint density at radius 3 is 2.47 bits per heavy atom. The van der Waals surface area contributed by atoms with Crippen LogP contribution in [0.3, 0.4) is 0 Å². The van der Waals surface area contributed by atoms with Crippen LogP contribution < -0.4 is 0 Å². The molecule has 1 aliphatic heterocycles. The molecule has 0 aromatic heterocycles. The van der Waals surface area contributed by atoms with Crippen LogP contribution in [0.1, 0.15) is 47.7 Å². The van der Waals surface area contributed by atoms with Crippen LogP contribution in [0.2, 0.25) is 0 Å². The lowest BCUT2D eigenvalue weighted by Crippen LogP contribution is -2.48. The first-order chi connectivity index (χ1) is 8.99. The predicted molar refractivity (Wildman–Crippen MR) is 76.3 cm³/mol. The fourth-order valence-corrected chi connectivity index (χ4v) is 2.98. The number of aliphatic hydroxyl groups excluding tert-OH is 1. The number of rotatable bonds is 2. The first-order valence-corrected chi connectivity index (χ1v) is 7.06. The van der Waals surface area contributed by atoms with Gasteiger partial charge < -0.3 is 10.0 Å². The molecular weight excluding hydrogens is 238 g/mol. The van der Waals surface area contributed by atoms with E-state index >= 15 is 0 Å². The van der Waals surface area contributed by atoms with Crippen molar-refractivity contribution in [2.24, 2.45) is 0 Å². The van der Waals surface area contributed by atoms with Gasteiger partial charge in [0.05, 0.1) is 12.1 Å². The van der Waals surface area contributed by atoms with Crippen LogP contribution in [0.25, 0.3) is 0 Å². The Morgan fingerprint density at radius 1 is 1.26 bits per heavy atom. The van der Waals surface area contributed by atoms with Crippen LogP contribution in [0.15, 0.2) is 18.2 Å². The average Bonchev–Trinajstić information content (AvgIpc) is 2.36. The normalized spacial score (nSPS) is 21.3. The Balaban J connectivity index is 2.26. The summed E-state index contributed by atoms with van der Waals surface area (Å²) in [6.07, 6.45) is 2.55. The maximum absolute atomic E-state index is 12.6. The number of carbonyl (C=O) groups is 1. The van der Waals surface area contributed by atoms with Gasteiger partial charge in [-0.3, -0.25) is 4.79 Å². The topological polar surface area (TPSA) is 40.5 Å². The molecule has 0 radical (unpaired) electrons. The lowest BCUT2D eigenvalue weighted by molar-refractivity contribution is 0.0281. The highest BCUT2D eigenvalue weighted by atomic mass is 16.3. The Bertz CT molecular complexity index is 448. The molecule has 0 aliphatic carbocycles. The lowest BCUT2D eigenvalue weighted by Gasteiger charge is -2.37. The zero-order valence-electron chi connectivity index (χ0n) is 12.0. The van der Waals surface area contributed by atoms with Gasteiger partial charge in [0, 0.05) is 12.1 Å². The van der Waals surface area contributed by atoms with Crippen molar-refractivity contribution in [2.75, 3.05) is 6.54 Å². The van der Waals surface area contributed by atoms with Crippen LogP contribution in [-0.4, -0.2) is 34.6 Å². The van der Waals surface area contributed by atoms with Gasteiger partial charge >= 0.3 is 0 Å². The van der Waals surface area contributed by atoms with Crippen molar-refractivity contribution >= 4 is 5.91 Å². The van der Waals surface area contributed by atoms with Crippen LogP contribution >= 0.6 is 0 Å². The number of piperidine rings is 1. The molecule has 1 saturated heterocycles. The predicted octanol–water partition coefficient (Wildman–Crippen LogP) is 2.68. The molecule has 2 unspecified atom stereocenters. The van der Waals surface area contributed by atoms with Gasteiger partial charge in [-0.05, 0) is 52.2 Å². The van der Waals surface area contributed by atoms with E-state index in [0.717, 1.165) is 42.5 Å². The van der Waals surface area contributed by atoms with Gasteiger partial charge in [-0.2, -0.15) is 0 Å². The first-order valence-electron chi connectivity index (χ1n) is 7.06. The second-order valence-electron chi connectivity index (χ2n) is 5.68. The Kier molecular flexibility index (Phi) is 4.25. The molecule has 19 heavy (non-hydrogen) atoms. The number of amides is 1. The number of hydrogen-bond donors (Lipinski definition) is 1. The molecule has 1 aliphatic rings. The van der Waals surface area contributed by atoms with Crippen LogP contribution in [0.5, 0.6) is 0 Å². The fraction of sp³-hybridized carbons (Fsp3) is 0.562. The van der Waals surface area contributed by atoms with E-state index in [9.17, 15) is 9.90 Å². The number of likely N-dealkylation sites (tertiary alicyclic amines) is 1. The molecule has 1 amide bonds. The third-order valence-electron chi connectivity index (χ3n) is 3.84. The van der Waals surface area contributed by atoms with E-state index in [-0.39, 0.29) is 11.9 Å². The molecule has 3 heteroatoms. The molecule has 1 aromatic carbocycles. The molecule has 3 nitrogen and oxygen atoms in total. The van der Waals surface area contributed by atoms with Crippen LogP contribution in [0.4, 0.5) is 0 Å². The van der Waals surface area contributed by atoms with Crippen molar-refractivity contribution in [3.8, 4) is 0 Å². The minimum atomic E-state index is -0.463. The van der Waals surface area contributed by atoms with Gasteiger partial charge in [-0.1, -0.05) is 17.2 Å². The van der Waals surface area contributed by atoms with Crippen molar-refractivity contribution in [2.45, 2.75) is 52.2 Å². The van der Waals surface area contributed by atoms with E-state index in [1.165, 1.54) is 0 Å². The standard InChI is InChI=1S/C16H23NO2/c1-11-8-12(2)10-14(9-11)16(19)17-7-5-4-6-15(17)13(3)18/h8-10,13,15,18H,4-7H2,1-3H3. The molecule has 2 rings (SSSR count). The molecule has 1 aromatic rings. The number of carbonyl (C=O) groups excluding carboxylic acids is 1. The highest BCUT2D eigenvalue weighted by Crippen LogP contribution is 2.23. The second-order valence-corrected chi connectivity index (χ2v) is 5.68. The van der Waals surface area contributed by atoms with Gasteiger partial charge in [0.2, 0.25) is 0 Å². The molecule has 2 atom stereocenters. The quantitative estimate of drug-likeness (QED) is 0.889.